The van der Waals surface area contributed by atoms with E-state index in [0.717, 1.165) is 6.41 Å². The molecule has 1 heterocycles. The van der Waals surface area contributed by atoms with Crippen LogP contribution in [0.4, 0.5) is 5.69 Å². The zero-order chi connectivity index (χ0) is 17.5. The molecule has 1 fully saturated rings. The van der Waals surface area contributed by atoms with Crippen LogP contribution in [-0.2, 0) is 14.4 Å². The van der Waals surface area contributed by atoms with Crippen molar-refractivity contribution in [2.75, 3.05) is 31.5 Å². The monoisotopic (exact) mass is 333 g/mol. The molecular weight excluding hydrogens is 310 g/mol. The summed E-state index contributed by atoms with van der Waals surface area (Å²) in [6, 6.07) is 7.13. The van der Waals surface area contributed by atoms with Gasteiger partial charge in [0, 0.05) is 26.2 Å². The van der Waals surface area contributed by atoms with E-state index in [1.54, 1.807) is 28.0 Å². The van der Waals surface area contributed by atoms with Gasteiger partial charge in [0.05, 0.1) is 11.8 Å². The number of amides is 3. The predicted octanol–water partition coefficient (Wildman–Crippen LogP) is 1.10. The minimum atomic E-state index is -0.377. The molecule has 1 aliphatic rings. The first-order valence-corrected chi connectivity index (χ1v) is 8.02. The first-order valence-electron chi connectivity index (χ1n) is 8.02. The lowest BCUT2D eigenvalue weighted by molar-refractivity contribution is -0.137. The molecule has 1 aromatic carbocycles. The quantitative estimate of drug-likeness (QED) is 0.625. The van der Waals surface area contributed by atoms with E-state index in [-0.39, 0.29) is 24.3 Å². The molecule has 0 aromatic heterocycles. The lowest BCUT2D eigenvalue weighted by atomic mass is 10.2. The van der Waals surface area contributed by atoms with Gasteiger partial charge >= 0.3 is 0 Å². The average molecular weight is 333 g/mol. The van der Waals surface area contributed by atoms with Gasteiger partial charge in [0.1, 0.15) is 12.2 Å². The zero-order valence-corrected chi connectivity index (χ0v) is 14.0. The summed E-state index contributed by atoms with van der Waals surface area (Å²) in [6.45, 7) is 5.72. The number of carbonyl (C=O) groups is 3. The fourth-order valence-electron chi connectivity index (χ4n) is 2.45. The molecule has 0 unspecified atom stereocenters. The number of hydrogen-bond acceptors (Lipinski definition) is 4. The second kappa shape index (κ2) is 8.33. The highest BCUT2D eigenvalue weighted by molar-refractivity contribution is 6.04. The van der Waals surface area contributed by atoms with E-state index in [9.17, 15) is 14.4 Å². The Bertz CT molecular complexity index is 595. The highest BCUT2D eigenvalue weighted by Gasteiger charge is 2.22. The Labute approximate surface area is 141 Å². The normalized spacial score (nSPS) is 14.5. The number of nitrogens with one attached hydrogen (secondary N) is 1. The van der Waals surface area contributed by atoms with Crippen molar-refractivity contribution in [2.24, 2.45) is 0 Å². The second-order valence-electron chi connectivity index (χ2n) is 5.91. The van der Waals surface area contributed by atoms with Gasteiger partial charge in [0.15, 0.2) is 0 Å². The molecule has 7 nitrogen and oxygen atoms in total. The van der Waals surface area contributed by atoms with Gasteiger partial charge in [0.25, 0.3) is 0 Å². The third-order valence-electron chi connectivity index (χ3n) is 3.65. The number of anilines is 1. The van der Waals surface area contributed by atoms with Crippen LogP contribution in [0.15, 0.2) is 24.3 Å². The maximum atomic E-state index is 12.2. The van der Waals surface area contributed by atoms with Crippen LogP contribution in [-0.4, -0.2) is 60.3 Å². The molecule has 0 spiro atoms. The van der Waals surface area contributed by atoms with Gasteiger partial charge in [-0.1, -0.05) is 12.1 Å². The Kier molecular flexibility index (Phi) is 6.17. The van der Waals surface area contributed by atoms with Crippen molar-refractivity contribution >= 4 is 23.9 Å². The summed E-state index contributed by atoms with van der Waals surface area (Å²) in [6.07, 6.45) is 0.538. The summed E-state index contributed by atoms with van der Waals surface area (Å²) in [5, 5.41) is 2.73. The maximum absolute atomic E-state index is 12.2. The number of para-hydroxylation sites is 2. The van der Waals surface area contributed by atoms with Crippen molar-refractivity contribution in [2.45, 2.75) is 26.4 Å². The summed E-state index contributed by atoms with van der Waals surface area (Å²) in [5.74, 6) is -0.0363. The van der Waals surface area contributed by atoms with Gasteiger partial charge < -0.3 is 19.9 Å². The molecule has 1 saturated heterocycles. The number of ether oxygens (including phenoxy) is 1. The molecule has 3 amide bonds. The molecule has 1 aromatic rings. The minimum absolute atomic E-state index is 0.0150. The number of nitrogens with zero attached hydrogens (tertiary/aromatic N) is 2. The van der Waals surface area contributed by atoms with Gasteiger partial charge in [-0.05, 0) is 26.0 Å². The summed E-state index contributed by atoms with van der Waals surface area (Å²) >= 11 is 0. The smallest absolute Gasteiger partial charge is 0.233 e. The van der Waals surface area contributed by atoms with Crippen LogP contribution < -0.4 is 10.1 Å². The molecule has 130 valence electrons. The fraction of sp³-hybridized carbons (Fsp3) is 0.471. The zero-order valence-electron chi connectivity index (χ0n) is 14.0. The fourth-order valence-corrected chi connectivity index (χ4v) is 2.45. The van der Waals surface area contributed by atoms with Crippen molar-refractivity contribution in [1.29, 1.82) is 0 Å². The summed E-state index contributed by atoms with van der Waals surface area (Å²) in [5.41, 5.74) is 0.551. The molecule has 0 bridgehead atoms. The van der Waals surface area contributed by atoms with E-state index in [4.69, 9.17) is 4.74 Å². The molecule has 2 rings (SSSR count). The second-order valence-corrected chi connectivity index (χ2v) is 5.91. The number of benzene rings is 1. The van der Waals surface area contributed by atoms with Crippen molar-refractivity contribution in [1.82, 2.24) is 9.80 Å². The van der Waals surface area contributed by atoms with E-state index in [0.29, 0.717) is 37.6 Å². The van der Waals surface area contributed by atoms with Gasteiger partial charge in [0.2, 0.25) is 18.2 Å². The number of rotatable bonds is 6. The van der Waals surface area contributed by atoms with Crippen molar-refractivity contribution in [3.05, 3.63) is 24.3 Å². The summed E-state index contributed by atoms with van der Waals surface area (Å²) in [7, 11) is 0. The molecule has 0 saturated carbocycles. The maximum Gasteiger partial charge on any atom is 0.233 e. The van der Waals surface area contributed by atoms with Crippen LogP contribution >= 0.6 is 0 Å². The standard InChI is InChI=1S/C17H23N3O4/c1-13(2)24-15-6-4-3-5-14(15)18-16(22)11-17(23)20-9-7-19(12-21)8-10-20/h3-6,12-13H,7-11H2,1-2H3,(H,18,22). The Morgan fingerprint density at radius 3 is 2.50 bits per heavy atom. The summed E-state index contributed by atoms with van der Waals surface area (Å²) in [4.78, 5) is 38.2. The SMILES string of the molecule is CC(C)Oc1ccccc1NC(=O)CC(=O)N1CCN(C=O)CC1. The minimum Gasteiger partial charge on any atom is -0.489 e. The molecule has 1 aliphatic heterocycles. The van der Waals surface area contributed by atoms with E-state index in [1.807, 2.05) is 19.9 Å². The van der Waals surface area contributed by atoms with Crippen LogP contribution in [0.1, 0.15) is 20.3 Å². The molecular formula is C17H23N3O4. The van der Waals surface area contributed by atoms with E-state index < -0.39 is 0 Å². The van der Waals surface area contributed by atoms with Crippen LogP contribution in [0.2, 0.25) is 0 Å². The Hall–Kier alpha value is -2.57. The van der Waals surface area contributed by atoms with Gasteiger partial charge in [-0.15, -0.1) is 0 Å². The van der Waals surface area contributed by atoms with E-state index in [2.05, 4.69) is 5.32 Å². The van der Waals surface area contributed by atoms with Crippen LogP contribution in [0.25, 0.3) is 0 Å². The number of carbonyl (C=O) groups excluding carboxylic acids is 3. The van der Waals surface area contributed by atoms with Gasteiger partial charge in [-0.2, -0.15) is 0 Å². The van der Waals surface area contributed by atoms with Crippen molar-refractivity contribution in [3.63, 3.8) is 0 Å². The molecule has 0 atom stereocenters. The predicted molar refractivity (Wildman–Crippen MR) is 89.7 cm³/mol. The lowest BCUT2D eigenvalue weighted by Gasteiger charge is -2.32. The van der Waals surface area contributed by atoms with Gasteiger partial charge in [-0.3, -0.25) is 14.4 Å². The van der Waals surface area contributed by atoms with Crippen LogP contribution in [0, 0.1) is 0 Å². The first kappa shape index (κ1) is 17.8. The summed E-state index contributed by atoms with van der Waals surface area (Å²) < 4.78 is 5.64. The van der Waals surface area contributed by atoms with Crippen molar-refractivity contribution in [3.8, 4) is 5.75 Å². The molecule has 1 N–H and O–H groups in total. The molecule has 0 radical (unpaired) electrons. The Morgan fingerprint density at radius 1 is 1.21 bits per heavy atom. The largest absolute Gasteiger partial charge is 0.489 e. The first-order chi connectivity index (χ1) is 11.5. The highest BCUT2D eigenvalue weighted by atomic mass is 16.5. The van der Waals surface area contributed by atoms with E-state index >= 15 is 0 Å². The van der Waals surface area contributed by atoms with Crippen molar-refractivity contribution < 1.29 is 19.1 Å². The Balaban J connectivity index is 1.89. The highest BCUT2D eigenvalue weighted by Crippen LogP contribution is 2.25. The molecule has 24 heavy (non-hydrogen) atoms. The molecule has 0 aliphatic carbocycles. The third kappa shape index (κ3) is 4.97. The number of hydrogen-bond donors (Lipinski definition) is 1. The number of piperazine rings is 1. The molecule has 7 heteroatoms. The van der Waals surface area contributed by atoms with Crippen LogP contribution in [0.3, 0.4) is 0 Å². The Morgan fingerprint density at radius 2 is 1.88 bits per heavy atom. The van der Waals surface area contributed by atoms with Crippen LogP contribution in [0.5, 0.6) is 5.75 Å². The van der Waals surface area contributed by atoms with E-state index in [1.165, 1.54) is 0 Å². The topological polar surface area (TPSA) is 79.0 Å². The average Bonchev–Trinajstić information content (AvgIpc) is 2.56. The van der Waals surface area contributed by atoms with Gasteiger partial charge in [-0.25, -0.2) is 0 Å². The lowest BCUT2D eigenvalue weighted by Crippen LogP contribution is -2.48. The third-order valence-corrected chi connectivity index (χ3v) is 3.65.